The minimum Gasteiger partial charge on any atom is -0.476 e. The van der Waals surface area contributed by atoms with E-state index >= 15 is 0 Å². The van der Waals surface area contributed by atoms with E-state index in [0.717, 1.165) is 15.7 Å². The quantitative estimate of drug-likeness (QED) is 0.716. The van der Waals surface area contributed by atoms with Gasteiger partial charge in [0.15, 0.2) is 11.2 Å². The lowest BCUT2D eigenvalue weighted by Gasteiger charge is -2.08. The Morgan fingerprint density at radius 1 is 1.18 bits per heavy atom. The largest absolute Gasteiger partial charge is 0.476 e. The van der Waals surface area contributed by atoms with E-state index in [1.54, 1.807) is 12.4 Å². The van der Waals surface area contributed by atoms with E-state index in [9.17, 15) is 0 Å². The van der Waals surface area contributed by atoms with E-state index in [1.165, 1.54) is 0 Å². The van der Waals surface area contributed by atoms with Crippen LogP contribution in [0.15, 0.2) is 23.1 Å². The van der Waals surface area contributed by atoms with Gasteiger partial charge in [0.05, 0.1) is 18.5 Å². The summed E-state index contributed by atoms with van der Waals surface area (Å²) in [6, 6.07) is 1.98. The number of nitrogens with two attached hydrogens (primary N) is 1. The standard InChI is InChI=1S/C14H13BrN6O/c1-3-22-13-10-12(20-14(16)21-13)18-6-9(19-10)8-4-7(2)11(15)17-5-8/h4-6H,3H2,1-2H3,(H2,16,18,20,21). The first kappa shape index (κ1) is 14.6. The van der Waals surface area contributed by atoms with E-state index < -0.39 is 0 Å². The van der Waals surface area contributed by atoms with Crippen molar-refractivity contribution in [1.29, 1.82) is 0 Å². The molecule has 0 amide bonds. The fourth-order valence-corrected chi connectivity index (χ4v) is 2.19. The molecule has 0 unspecified atom stereocenters. The Bertz CT molecular complexity index is 854. The fraction of sp³-hybridized carbons (Fsp3) is 0.214. The number of aromatic nitrogens is 5. The molecule has 0 fully saturated rings. The maximum absolute atomic E-state index is 5.66. The summed E-state index contributed by atoms with van der Waals surface area (Å²) < 4.78 is 6.28. The minimum absolute atomic E-state index is 0.110. The third kappa shape index (κ3) is 2.69. The smallest absolute Gasteiger partial charge is 0.247 e. The summed E-state index contributed by atoms with van der Waals surface area (Å²) in [6.07, 6.45) is 3.36. The van der Waals surface area contributed by atoms with Gasteiger partial charge in [-0.25, -0.2) is 15.0 Å². The third-order valence-corrected chi connectivity index (χ3v) is 3.81. The van der Waals surface area contributed by atoms with E-state index in [1.807, 2.05) is 19.9 Å². The summed E-state index contributed by atoms with van der Waals surface area (Å²) in [6.45, 7) is 4.28. The van der Waals surface area contributed by atoms with Crippen molar-refractivity contribution < 1.29 is 4.74 Å². The predicted molar refractivity (Wildman–Crippen MR) is 86.4 cm³/mol. The van der Waals surface area contributed by atoms with E-state index in [0.29, 0.717) is 29.3 Å². The summed E-state index contributed by atoms with van der Waals surface area (Å²) in [7, 11) is 0. The summed E-state index contributed by atoms with van der Waals surface area (Å²) in [5, 5.41) is 0. The van der Waals surface area contributed by atoms with Crippen LogP contribution in [0.1, 0.15) is 12.5 Å². The number of rotatable bonds is 3. The Kier molecular flexibility index (Phi) is 3.84. The molecule has 0 spiro atoms. The van der Waals surface area contributed by atoms with Crippen LogP contribution in [0.2, 0.25) is 0 Å². The molecule has 8 heteroatoms. The van der Waals surface area contributed by atoms with Gasteiger partial charge in [-0.1, -0.05) is 0 Å². The summed E-state index contributed by atoms with van der Waals surface area (Å²) in [4.78, 5) is 21.3. The van der Waals surface area contributed by atoms with Crippen LogP contribution >= 0.6 is 15.9 Å². The molecule has 3 rings (SSSR count). The number of aryl methyl sites for hydroxylation is 1. The molecule has 3 aromatic heterocycles. The molecular formula is C14H13BrN6O. The molecule has 0 aliphatic rings. The van der Waals surface area contributed by atoms with Crippen molar-refractivity contribution >= 4 is 33.0 Å². The van der Waals surface area contributed by atoms with Crippen LogP contribution in [0.5, 0.6) is 5.88 Å². The Hall–Kier alpha value is -2.35. The minimum atomic E-state index is 0.110. The number of ether oxygens (including phenoxy) is 1. The van der Waals surface area contributed by atoms with Gasteiger partial charge in [0, 0.05) is 11.8 Å². The van der Waals surface area contributed by atoms with Crippen LogP contribution in [0.25, 0.3) is 22.4 Å². The third-order valence-electron chi connectivity index (χ3n) is 2.98. The predicted octanol–water partition coefficient (Wildman–Crippen LogP) is 2.53. The van der Waals surface area contributed by atoms with Gasteiger partial charge in [-0.15, -0.1) is 0 Å². The zero-order chi connectivity index (χ0) is 15.7. The monoisotopic (exact) mass is 360 g/mol. The molecule has 22 heavy (non-hydrogen) atoms. The Morgan fingerprint density at radius 3 is 2.73 bits per heavy atom. The number of pyridine rings is 1. The number of hydrogen-bond acceptors (Lipinski definition) is 7. The van der Waals surface area contributed by atoms with Gasteiger partial charge < -0.3 is 10.5 Å². The zero-order valence-electron chi connectivity index (χ0n) is 12.0. The molecule has 0 saturated heterocycles. The van der Waals surface area contributed by atoms with Crippen molar-refractivity contribution in [2.24, 2.45) is 0 Å². The van der Waals surface area contributed by atoms with Gasteiger partial charge in [0.2, 0.25) is 11.8 Å². The molecular weight excluding hydrogens is 348 g/mol. The van der Waals surface area contributed by atoms with Crippen LogP contribution in [0.3, 0.4) is 0 Å². The van der Waals surface area contributed by atoms with E-state index in [4.69, 9.17) is 10.5 Å². The average molecular weight is 361 g/mol. The molecule has 0 aromatic carbocycles. The highest BCUT2D eigenvalue weighted by molar-refractivity contribution is 9.10. The average Bonchev–Trinajstić information content (AvgIpc) is 2.50. The van der Waals surface area contributed by atoms with Gasteiger partial charge in [-0.05, 0) is 41.4 Å². The van der Waals surface area contributed by atoms with Crippen LogP contribution in [-0.2, 0) is 0 Å². The molecule has 0 aliphatic heterocycles. The van der Waals surface area contributed by atoms with Gasteiger partial charge in [-0.3, -0.25) is 0 Å². The van der Waals surface area contributed by atoms with Crippen molar-refractivity contribution in [3.63, 3.8) is 0 Å². The number of halogens is 1. The van der Waals surface area contributed by atoms with Crippen molar-refractivity contribution in [3.05, 3.63) is 28.6 Å². The van der Waals surface area contributed by atoms with E-state index in [2.05, 4.69) is 40.8 Å². The molecule has 0 radical (unpaired) electrons. The molecule has 0 bridgehead atoms. The summed E-state index contributed by atoms with van der Waals surface area (Å²) >= 11 is 3.38. The lowest BCUT2D eigenvalue weighted by atomic mass is 10.2. The molecule has 112 valence electrons. The first-order chi connectivity index (χ1) is 10.6. The van der Waals surface area contributed by atoms with Crippen LogP contribution in [0.4, 0.5) is 5.95 Å². The number of nitrogens with zero attached hydrogens (tertiary/aromatic N) is 5. The molecule has 2 N–H and O–H groups in total. The summed E-state index contributed by atoms with van der Waals surface area (Å²) in [5.74, 6) is 0.445. The Labute approximate surface area is 135 Å². The van der Waals surface area contributed by atoms with Crippen LogP contribution < -0.4 is 10.5 Å². The zero-order valence-corrected chi connectivity index (χ0v) is 13.6. The number of nitrogen functional groups attached to an aromatic ring is 1. The highest BCUT2D eigenvalue weighted by atomic mass is 79.9. The normalized spacial score (nSPS) is 10.9. The van der Waals surface area contributed by atoms with Crippen molar-refractivity contribution in [2.45, 2.75) is 13.8 Å². The van der Waals surface area contributed by atoms with Crippen molar-refractivity contribution in [3.8, 4) is 17.1 Å². The maximum atomic E-state index is 5.66. The van der Waals surface area contributed by atoms with Crippen LogP contribution in [0, 0.1) is 6.92 Å². The number of anilines is 1. The van der Waals surface area contributed by atoms with Gasteiger partial charge in [-0.2, -0.15) is 9.97 Å². The van der Waals surface area contributed by atoms with Gasteiger partial charge >= 0.3 is 0 Å². The first-order valence-corrected chi connectivity index (χ1v) is 7.43. The lowest BCUT2D eigenvalue weighted by molar-refractivity contribution is 0.330. The second-order valence-corrected chi connectivity index (χ2v) is 5.33. The lowest BCUT2D eigenvalue weighted by Crippen LogP contribution is -2.04. The van der Waals surface area contributed by atoms with Gasteiger partial charge in [0.1, 0.15) is 4.60 Å². The number of fused-ring (bicyclic) bond motifs is 1. The molecule has 0 saturated carbocycles. The highest BCUT2D eigenvalue weighted by Crippen LogP contribution is 2.25. The number of hydrogen-bond donors (Lipinski definition) is 1. The van der Waals surface area contributed by atoms with Crippen molar-refractivity contribution in [1.82, 2.24) is 24.9 Å². The van der Waals surface area contributed by atoms with Crippen molar-refractivity contribution in [2.75, 3.05) is 12.3 Å². The molecule has 0 aliphatic carbocycles. The Balaban J connectivity index is 2.17. The maximum Gasteiger partial charge on any atom is 0.247 e. The Morgan fingerprint density at radius 2 is 2.00 bits per heavy atom. The topological polar surface area (TPSA) is 99.7 Å². The molecule has 3 aromatic rings. The highest BCUT2D eigenvalue weighted by Gasteiger charge is 2.12. The second-order valence-electron chi connectivity index (χ2n) is 4.58. The molecule has 7 nitrogen and oxygen atoms in total. The molecule has 3 heterocycles. The SMILES string of the molecule is CCOc1nc(N)nc2ncc(-c3cnc(Br)c(C)c3)nc12. The second kappa shape index (κ2) is 5.80. The first-order valence-electron chi connectivity index (χ1n) is 6.64. The van der Waals surface area contributed by atoms with Gasteiger partial charge in [0.25, 0.3) is 0 Å². The fourth-order valence-electron chi connectivity index (χ4n) is 1.97. The van der Waals surface area contributed by atoms with Crippen LogP contribution in [-0.4, -0.2) is 31.5 Å². The molecule has 0 atom stereocenters. The summed E-state index contributed by atoms with van der Waals surface area (Å²) in [5.41, 5.74) is 9.08. The van der Waals surface area contributed by atoms with E-state index in [-0.39, 0.29) is 5.95 Å².